The van der Waals surface area contributed by atoms with Crippen LogP contribution in [0.3, 0.4) is 0 Å². The predicted octanol–water partition coefficient (Wildman–Crippen LogP) is 1.02. The Morgan fingerprint density at radius 3 is 2.82 bits per heavy atom. The summed E-state index contributed by atoms with van der Waals surface area (Å²) in [5.74, 6) is -0.574. The second kappa shape index (κ2) is 6.15. The number of benzene rings is 2. The standard InChI is InChI=1S/C17H19N3O2/c18-16(21)10-15-17(22)19-8-9-20(15)11-13-6-3-5-12-4-1-2-7-14(12)13/h1-7,15H,8-11H2,(H2,18,21)(H,19,22)/t15-/m1/s1. The fourth-order valence-electron chi connectivity index (χ4n) is 3.01. The van der Waals surface area contributed by atoms with Crippen molar-refractivity contribution < 1.29 is 9.59 Å². The number of carbonyl (C=O) groups excluding carboxylic acids is 2. The predicted molar refractivity (Wildman–Crippen MR) is 85.0 cm³/mol. The van der Waals surface area contributed by atoms with Gasteiger partial charge in [-0.05, 0) is 16.3 Å². The number of primary amides is 1. The number of piperazine rings is 1. The average molecular weight is 297 g/mol. The number of nitrogens with two attached hydrogens (primary N) is 1. The second-order valence-corrected chi connectivity index (χ2v) is 5.59. The van der Waals surface area contributed by atoms with E-state index in [0.717, 1.165) is 5.56 Å². The molecule has 1 fully saturated rings. The lowest BCUT2D eigenvalue weighted by atomic mass is 10.0. The number of hydrogen-bond acceptors (Lipinski definition) is 3. The molecule has 1 saturated heterocycles. The minimum absolute atomic E-state index is 0.0522. The van der Waals surface area contributed by atoms with Gasteiger partial charge in [-0.2, -0.15) is 0 Å². The van der Waals surface area contributed by atoms with Crippen molar-refractivity contribution in [2.75, 3.05) is 13.1 Å². The van der Waals surface area contributed by atoms with Crippen molar-refractivity contribution in [1.82, 2.24) is 10.2 Å². The quantitative estimate of drug-likeness (QED) is 0.884. The van der Waals surface area contributed by atoms with Crippen LogP contribution in [0.15, 0.2) is 42.5 Å². The highest BCUT2D eigenvalue weighted by Crippen LogP contribution is 2.22. The van der Waals surface area contributed by atoms with Gasteiger partial charge in [-0.3, -0.25) is 14.5 Å². The Balaban J connectivity index is 1.89. The van der Waals surface area contributed by atoms with E-state index in [2.05, 4.69) is 29.6 Å². The minimum Gasteiger partial charge on any atom is -0.370 e. The van der Waals surface area contributed by atoms with E-state index in [1.54, 1.807) is 0 Å². The minimum atomic E-state index is -0.481. The van der Waals surface area contributed by atoms with Gasteiger partial charge in [-0.15, -0.1) is 0 Å². The maximum atomic E-state index is 12.0. The Morgan fingerprint density at radius 2 is 2.00 bits per heavy atom. The van der Waals surface area contributed by atoms with E-state index in [1.807, 2.05) is 23.1 Å². The Bertz CT molecular complexity index is 709. The van der Waals surface area contributed by atoms with Crippen molar-refractivity contribution in [3.05, 3.63) is 48.0 Å². The topological polar surface area (TPSA) is 75.4 Å². The van der Waals surface area contributed by atoms with Crippen LogP contribution in [0.2, 0.25) is 0 Å². The molecule has 5 nitrogen and oxygen atoms in total. The third-order valence-corrected chi connectivity index (χ3v) is 4.09. The summed E-state index contributed by atoms with van der Waals surface area (Å²) >= 11 is 0. The first-order valence-corrected chi connectivity index (χ1v) is 7.42. The van der Waals surface area contributed by atoms with Gasteiger partial charge >= 0.3 is 0 Å². The molecule has 5 heteroatoms. The van der Waals surface area contributed by atoms with E-state index >= 15 is 0 Å². The van der Waals surface area contributed by atoms with Crippen LogP contribution in [0.1, 0.15) is 12.0 Å². The molecule has 2 aromatic rings. The fourth-order valence-corrected chi connectivity index (χ4v) is 3.01. The molecule has 3 N–H and O–H groups in total. The third kappa shape index (κ3) is 2.94. The molecular weight excluding hydrogens is 278 g/mol. The lowest BCUT2D eigenvalue weighted by molar-refractivity contribution is -0.133. The normalized spacial score (nSPS) is 19.1. The van der Waals surface area contributed by atoms with Crippen LogP contribution >= 0.6 is 0 Å². The molecule has 0 radical (unpaired) electrons. The SMILES string of the molecule is NC(=O)C[C@@H]1C(=O)NCCN1Cc1cccc2ccccc12. The third-order valence-electron chi connectivity index (χ3n) is 4.09. The van der Waals surface area contributed by atoms with Gasteiger partial charge in [0.2, 0.25) is 11.8 Å². The first-order valence-electron chi connectivity index (χ1n) is 7.42. The molecule has 114 valence electrons. The number of nitrogens with one attached hydrogen (secondary N) is 1. The molecule has 2 aromatic carbocycles. The fraction of sp³-hybridized carbons (Fsp3) is 0.294. The molecule has 1 aliphatic heterocycles. The van der Waals surface area contributed by atoms with Crippen LogP contribution in [0.5, 0.6) is 0 Å². The van der Waals surface area contributed by atoms with Gasteiger partial charge in [0.25, 0.3) is 0 Å². The molecule has 3 rings (SSSR count). The van der Waals surface area contributed by atoms with Gasteiger partial charge in [0, 0.05) is 19.6 Å². The zero-order valence-corrected chi connectivity index (χ0v) is 12.3. The van der Waals surface area contributed by atoms with Crippen molar-refractivity contribution in [1.29, 1.82) is 0 Å². The molecule has 0 aromatic heterocycles. The number of hydrogen-bond donors (Lipinski definition) is 2. The molecular formula is C17H19N3O2. The summed E-state index contributed by atoms with van der Waals surface area (Å²) < 4.78 is 0. The average Bonchev–Trinajstić information content (AvgIpc) is 2.51. The largest absolute Gasteiger partial charge is 0.370 e. The van der Waals surface area contributed by atoms with Gasteiger partial charge in [0.1, 0.15) is 0 Å². The number of amides is 2. The summed E-state index contributed by atoms with van der Waals surface area (Å²) in [6.07, 6.45) is 0.0522. The summed E-state index contributed by atoms with van der Waals surface area (Å²) in [6.45, 7) is 1.94. The van der Waals surface area contributed by atoms with Crippen LogP contribution in [0.4, 0.5) is 0 Å². The molecule has 0 aliphatic carbocycles. The number of rotatable bonds is 4. The molecule has 0 saturated carbocycles. The molecule has 2 amide bonds. The monoisotopic (exact) mass is 297 g/mol. The van der Waals surface area contributed by atoms with Crippen LogP contribution in [-0.2, 0) is 16.1 Å². The molecule has 1 heterocycles. The van der Waals surface area contributed by atoms with E-state index < -0.39 is 11.9 Å². The summed E-state index contributed by atoms with van der Waals surface area (Å²) in [6, 6.07) is 13.8. The maximum Gasteiger partial charge on any atom is 0.237 e. The van der Waals surface area contributed by atoms with Crippen molar-refractivity contribution in [3.63, 3.8) is 0 Å². The summed E-state index contributed by atoms with van der Waals surface area (Å²) in [4.78, 5) is 25.3. The Hall–Kier alpha value is -2.40. The molecule has 1 atom stereocenters. The van der Waals surface area contributed by atoms with Gasteiger partial charge in [-0.25, -0.2) is 0 Å². The van der Waals surface area contributed by atoms with E-state index in [9.17, 15) is 9.59 Å². The van der Waals surface area contributed by atoms with Gasteiger partial charge < -0.3 is 11.1 Å². The second-order valence-electron chi connectivity index (χ2n) is 5.59. The van der Waals surface area contributed by atoms with Crippen molar-refractivity contribution in [2.45, 2.75) is 19.0 Å². The van der Waals surface area contributed by atoms with Crippen LogP contribution in [0.25, 0.3) is 10.8 Å². The Morgan fingerprint density at radius 1 is 1.23 bits per heavy atom. The molecule has 0 unspecified atom stereocenters. The van der Waals surface area contributed by atoms with Crippen molar-refractivity contribution in [3.8, 4) is 0 Å². The smallest absolute Gasteiger partial charge is 0.237 e. The summed E-state index contributed by atoms with van der Waals surface area (Å²) in [5, 5.41) is 5.15. The van der Waals surface area contributed by atoms with Gasteiger partial charge in [-0.1, -0.05) is 42.5 Å². The highest BCUT2D eigenvalue weighted by Gasteiger charge is 2.31. The molecule has 22 heavy (non-hydrogen) atoms. The lowest BCUT2D eigenvalue weighted by Gasteiger charge is -2.34. The molecule has 0 spiro atoms. The lowest BCUT2D eigenvalue weighted by Crippen LogP contribution is -2.55. The van der Waals surface area contributed by atoms with E-state index in [4.69, 9.17) is 5.73 Å². The molecule has 0 bridgehead atoms. The highest BCUT2D eigenvalue weighted by molar-refractivity contribution is 5.88. The van der Waals surface area contributed by atoms with Crippen LogP contribution in [-0.4, -0.2) is 35.8 Å². The number of nitrogens with zero attached hydrogens (tertiary/aromatic N) is 1. The van der Waals surface area contributed by atoms with E-state index in [0.29, 0.717) is 19.6 Å². The first-order chi connectivity index (χ1) is 10.6. The Kier molecular flexibility index (Phi) is 4.06. The van der Waals surface area contributed by atoms with Crippen LogP contribution < -0.4 is 11.1 Å². The van der Waals surface area contributed by atoms with Gasteiger partial charge in [0.05, 0.1) is 12.5 Å². The maximum absolute atomic E-state index is 12.0. The highest BCUT2D eigenvalue weighted by atomic mass is 16.2. The number of fused-ring (bicyclic) bond motifs is 1. The Labute approximate surface area is 129 Å². The first kappa shape index (κ1) is 14.5. The van der Waals surface area contributed by atoms with E-state index in [-0.39, 0.29) is 12.3 Å². The zero-order valence-electron chi connectivity index (χ0n) is 12.3. The summed E-state index contributed by atoms with van der Waals surface area (Å²) in [7, 11) is 0. The summed E-state index contributed by atoms with van der Waals surface area (Å²) in [5.41, 5.74) is 6.44. The zero-order chi connectivity index (χ0) is 15.5. The molecule has 1 aliphatic rings. The van der Waals surface area contributed by atoms with Gasteiger partial charge in [0.15, 0.2) is 0 Å². The van der Waals surface area contributed by atoms with E-state index in [1.165, 1.54) is 10.8 Å². The van der Waals surface area contributed by atoms with Crippen molar-refractivity contribution >= 4 is 22.6 Å². The number of carbonyl (C=O) groups is 2. The van der Waals surface area contributed by atoms with Crippen molar-refractivity contribution in [2.24, 2.45) is 5.73 Å². The van der Waals surface area contributed by atoms with Crippen LogP contribution in [0, 0.1) is 0 Å².